The van der Waals surface area contributed by atoms with Crippen LogP contribution in [0.15, 0.2) is 24.3 Å². The minimum absolute atomic E-state index is 0.0207. The summed E-state index contributed by atoms with van der Waals surface area (Å²) in [5.41, 5.74) is 1.23. The molecule has 0 fully saturated rings. The lowest BCUT2D eigenvalue weighted by Gasteiger charge is -2.32. The highest BCUT2D eigenvalue weighted by molar-refractivity contribution is 7.80. The Morgan fingerprint density at radius 2 is 1.78 bits per heavy atom. The van der Waals surface area contributed by atoms with E-state index in [2.05, 4.69) is 0 Å². The number of nitrogens with zero attached hydrogens (tertiary/aromatic N) is 1. The monoisotopic (exact) mass is 342 g/mol. The van der Waals surface area contributed by atoms with Gasteiger partial charge in [0, 0.05) is 23.4 Å². The van der Waals surface area contributed by atoms with Gasteiger partial charge in [0.25, 0.3) is 0 Å². The van der Waals surface area contributed by atoms with Crippen molar-refractivity contribution in [1.29, 1.82) is 0 Å². The summed E-state index contributed by atoms with van der Waals surface area (Å²) in [7, 11) is 0. The van der Waals surface area contributed by atoms with Gasteiger partial charge in [0.2, 0.25) is 0 Å². The quantitative estimate of drug-likeness (QED) is 0.496. The molecule has 8 heteroatoms. The molecular formula is C15H20NO6S-. The Balaban J connectivity index is 2.78. The van der Waals surface area contributed by atoms with E-state index in [0.29, 0.717) is 24.9 Å². The molecule has 7 nitrogen and oxygen atoms in total. The highest BCUT2D eigenvalue weighted by Crippen LogP contribution is 2.22. The number of rotatable bonds is 10. The Kier molecular flexibility index (Phi) is 7.70. The Morgan fingerprint density at radius 3 is 2.26 bits per heavy atom. The van der Waals surface area contributed by atoms with Crippen molar-refractivity contribution in [2.24, 2.45) is 0 Å². The molecule has 2 unspecified atom stereocenters. The van der Waals surface area contributed by atoms with E-state index in [0.717, 1.165) is 9.87 Å². The molecule has 2 N–H and O–H groups in total. The Hall–Kier alpha value is -1.93. The smallest absolute Gasteiger partial charge is 0.327 e. The lowest BCUT2D eigenvalue weighted by molar-refractivity contribution is -0.139. The van der Waals surface area contributed by atoms with Crippen LogP contribution in [0.4, 0.5) is 5.69 Å². The molecule has 0 amide bonds. The normalized spacial score (nSPS) is 13.3. The molecule has 0 aliphatic rings. The molecule has 0 bridgehead atoms. The zero-order chi connectivity index (χ0) is 17.4. The van der Waals surface area contributed by atoms with Crippen molar-refractivity contribution in [2.45, 2.75) is 45.1 Å². The molecule has 0 aliphatic heterocycles. The van der Waals surface area contributed by atoms with Crippen LogP contribution in [-0.4, -0.2) is 37.0 Å². The molecule has 128 valence electrons. The third-order valence-corrected chi connectivity index (χ3v) is 4.17. The van der Waals surface area contributed by atoms with Crippen molar-refractivity contribution in [1.82, 2.24) is 0 Å². The minimum atomic E-state index is -2.72. The fourth-order valence-corrected chi connectivity index (χ4v) is 2.89. The van der Waals surface area contributed by atoms with E-state index in [-0.39, 0.29) is 12.8 Å². The third kappa shape index (κ3) is 6.37. The van der Waals surface area contributed by atoms with E-state index >= 15 is 0 Å². The summed E-state index contributed by atoms with van der Waals surface area (Å²) in [6.45, 7) is 1.85. The first-order valence-corrected chi connectivity index (χ1v) is 8.26. The molecule has 0 spiro atoms. The maximum atomic E-state index is 11.5. The van der Waals surface area contributed by atoms with E-state index in [4.69, 9.17) is 5.11 Å². The molecule has 23 heavy (non-hydrogen) atoms. The molecule has 2 atom stereocenters. The van der Waals surface area contributed by atoms with Crippen LogP contribution in [0.2, 0.25) is 0 Å². The number of aryl methyl sites for hydroxylation is 1. The highest BCUT2D eigenvalue weighted by atomic mass is 32.2. The summed E-state index contributed by atoms with van der Waals surface area (Å²) >= 11 is -2.72. The molecule has 0 heterocycles. The molecule has 0 aliphatic carbocycles. The van der Waals surface area contributed by atoms with Crippen molar-refractivity contribution >= 4 is 28.9 Å². The fourth-order valence-electron chi connectivity index (χ4n) is 2.19. The predicted octanol–water partition coefficient (Wildman–Crippen LogP) is 2.08. The van der Waals surface area contributed by atoms with Gasteiger partial charge in [0.15, 0.2) is 0 Å². The van der Waals surface area contributed by atoms with Crippen LogP contribution < -0.4 is 4.31 Å². The number of carbonyl (C=O) groups is 2. The average molecular weight is 342 g/mol. The Labute approximate surface area is 137 Å². The van der Waals surface area contributed by atoms with Crippen LogP contribution in [0.5, 0.6) is 0 Å². The van der Waals surface area contributed by atoms with Gasteiger partial charge < -0.3 is 14.8 Å². The summed E-state index contributed by atoms with van der Waals surface area (Å²) in [4.78, 5) is 21.9. The van der Waals surface area contributed by atoms with Gasteiger partial charge in [-0.25, -0.2) is 4.79 Å². The number of anilines is 1. The van der Waals surface area contributed by atoms with Gasteiger partial charge in [-0.1, -0.05) is 30.5 Å². The number of benzene rings is 1. The fraction of sp³-hybridized carbons (Fsp3) is 0.467. The van der Waals surface area contributed by atoms with E-state index in [9.17, 15) is 23.5 Å². The first-order valence-electron chi connectivity index (χ1n) is 7.23. The number of aliphatic carboxylic acids is 2. The topological polar surface area (TPSA) is 118 Å². The van der Waals surface area contributed by atoms with E-state index < -0.39 is 29.2 Å². The van der Waals surface area contributed by atoms with Gasteiger partial charge in [-0.3, -0.25) is 13.3 Å². The SMILES string of the molecule is Cc1ccc(N(C(CCCCCC(=O)O)C(=O)O)S(=O)[O-])cc1. The maximum absolute atomic E-state index is 11.5. The second-order valence-corrected chi connectivity index (χ2v) is 6.05. The van der Waals surface area contributed by atoms with Gasteiger partial charge in [-0.05, 0) is 31.9 Å². The summed E-state index contributed by atoms with van der Waals surface area (Å²) in [5, 5.41) is 17.9. The van der Waals surface area contributed by atoms with E-state index in [1.807, 2.05) is 6.92 Å². The number of unbranched alkanes of at least 4 members (excludes halogenated alkanes) is 2. The van der Waals surface area contributed by atoms with Crippen LogP contribution in [0.1, 0.15) is 37.7 Å². The number of hydrogen-bond donors (Lipinski definition) is 2. The van der Waals surface area contributed by atoms with Crippen LogP contribution >= 0.6 is 0 Å². The summed E-state index contributed by atoms with van der Waals surface area (Å²) in [6, 6.07) is 5.33. The largest absolute Gasteiger partial charge is 0.755 e. The van der Waals surface area contributed by atoms with E-state index in [1.165, 1.54) is 0 Å². The molecule has 1 aromatic carbocycles. The second-order valence-electron chi connectivity index (χ2n) is 5.23. The highest BCUT2D eigenvalue weighted by Gasteiger charge is 2.26. The van der Waals surface area contributed by atoms with Crippen LogP contribution in [0.25, 0.3) is 0 Å². The molecule has 0 saturated heterocycles. The Morgan fingerprint density at radius 1 is 1.17 bits per heavy atom. The summed E-state index contributed by atoms with van der Waals surface area (Å²) in [5.74, 6) is -2.13. The summed E-state index contributed by atoms with van der Waals surface area (Å²) in [6.07, 6.45) is 1.55. The zero-order valence-corrected chi connectivity index (χ0v) is 13.6. The molecule has 1 aromatic rings. The molecule has 0 radical (unpaired) electrons. The predicted molar refractivity (Wildman–Crippen MR) is 84.7 cm³/mol. The van der Waals surface area contributed by atoms with Crippen molar-refractivity contribution in [3.8, 4) is 0 Å². The third-order valence-electron chi connectivity index (χ3n) is 3.39. The van der Waals surface area contributed by atoms with Crippen LogP contribution in [0, 0.1) is 6.92 Å². The zero-order valence-electron chi connectivity index (χ0n) is 12.8. The van der Waals surface area contributed by atoms with Gasteiger partial charge >= 0.3 is 11.9 Å². The van der Waals surface area contributed by atoms with Gasteiger partial charge in [0.1, 0.15) is 6.04 Å². The van der Waals surface area contributed by atoms with Crippen LogP contribution in [-0.2, 0) is 20.9 Å². The minimum Gasteiger partial charge on any atom is -0.755 e. The van der Waals surface area contributed by atoms with Crippen molar-refractivity contribution < 1.29 is 28.6 Å². The lowest BCUT2D eigenvalue weighted by Crippen LogP contribution is -2.42. The second kappa shape index (κ2) is 9.26. The average Bonchev–Trinajstić information content (AvgIpc) is 2.46. The van der Waals surface area contributed by atoms with Crippen molar-refractivity contribution in [3.05, 3.63) is 29.8 Å². The number of carboxylic acid groups (broad SMARTS) is 2. The van der Waals surface area contributed by atoms with E-state index in [1.54, 1.807) is 24.3 Å². The first kappa shape index (κ1) is 19.1. The number of carboxylic acids is 2. The molecule has 0 aromatic heterocycles. The Bertz CT molecular complexity index is 560. The molecule has 0 saturated carbocycles. The van der Waals surface area contributed by atoms with Gasteiger partial charge in [0.05, 0.1) is 0 Å². The summed E-state index contributed by atoms with van der Waals surface area (Å²) < 4.78 is 23.8. The maximum Gasteiger partial charge on any atom is 0.327 e. The standard InChI is InChI=1S/C15H21NO6S/c1-11-7-9-12(10-8-11)16(23(21)22)13(15(19)20)5-3-2-4-6-14(17)18/h7-10,13H,2-6H2,1H3,(H,17,18)(H,19,20)(H,21,22)/p-1. The van der Waals surface area contributed by atoms with Gasteiger partial charge in [-0.15, -0.1) is 0 Å². The van der Waals surface area contributed by atoms with Gasteiger partial charge in [-0.2, -0.15) is 0 Å². The lowest BCUT2D eigenvalue weighted by atomic mass is 10.1. The van der Waals surface area contributed by atoms with Crippen LogP contribution in [0.3, 0.4) is 0 Å². The molecular weight excluding hydrogens is 322 g/mol. The molecule has 1 rings (SSSR count). The van der Waals surface area contributed by atoms with Crippen molar-refractivity contribution in [2.75, 3.05) is 4.31 Å². The first-order chi connectivity index (χ1) is 10.8. The number of hydrogen-bond acceptors (Lipinski definition) is 4. The van der Waals surface area contributed by atoms with Crippen molar-refractivity contribution in [3.63, 3.8) is 0 Å².